The van der Waals surface area contributed by atoms with Crippen LogP contribution in [0.15, 0.2) is 72.8 Å². The molecule has 0 heterocycles. The lowest BCUT2D eigenvalue weighted by molar-refractivity contribution is 0.0827. The molecule has 5 heteroatoms. The van der Waals surface area contributed by atoms with Crippen LogP contribution < -0.4 is 10.1 Å². The Morgan fingerprint density at radius 3 is 2.04 bits per heavy atom. The Bertz CT molecular complexity index is 980. The van der Waals surface area contributed by atoms with Gasteiger partial charge in [-0.2, -0.15) is 0 Å². The van der Waals surface area contributed by atoms with Gasteiger partial charge in [0.2, 0.25) is 0 Å². The SMILES string of the molecule is COc1ccc(C(=O)N(C)C)cc1NC(=O)c1ccc(-c2ccccc2)cc1. The molecule has 0 aliphatic carbocycles. The summed E-state index contributed by atoms with van der Waals surface area (Å²) in [5, 5.41) is 2.84. The van der Waals surface area contributed by atoms with E-state index in [4.69, 9.17) is 4.74 Å². The van der Waals surface area contributed by atoms with Crippen LogP contribution in [-0.2, 0) is 0 Å². The quantitative estimate of drug-likeness (QED) is 0.724. The van der Waals surface area contributed by atoms with Gasteiger partial charge in [0.1, 0.15) is 5.75 Å². The molecule has 0 fully saturated rings. The summed E-state index contributed by atoms with van der Waals surface area (Å²) in [6.45, 7) is 0. The summed E-state index contributed by atoms with van der Waals surface area (Å²) in [4.78, 5) is 26.4. The van der Waals surface area contributed by atoms with E-state index in [-0.39, 0.29) is 11.8 Å². The molecule has 3 aromatic rings. The molecule has 142 valence electrons. The number of ether oxygens (including phenoxy) is 1. The van der Waals surface area contributed by atoms with Gasteiger partial charge >= 0.3 is 0 Å². The Kier molecular flexibility index (Phi) is 5.75. The standard InChI is InChI=1S/C23H22N2O3/c1-25(2)23(27)19-13-14-21(28-3)20(15-19)24-22(26)18-11-9-17(10-12-18)16-7-5-4-6-8-16/h4-15H,1-3H3,(H,24,26). The largest absolute Gasteiger partial charge is 0.495 e. The average molecular weight is 374 g/mol. The van der Waals surface area contributed by atoms with Crippen molar-refractivity contribution in [2.45, 2.75) is 0 Å². The van der Waals surface area contributed by atoms with Crippen LogP contribution >= 0.6 is 0 Å². The third-order valence-electron chi connectivity index (χ3n) is 4.36. The third-order valence-corrected chi connectivity index (χ3v) is 4.36. The second-order valence-electron chi connectivity index (χ2n) is 6.51. The van der Waals surface area contributed by atoms with Gasteiger partial charge in [0.15, 0.2) is 0 Å². The van der Waals surface area contributed by atoms with Gasteiger partial charge in [-0.15, -0.1) is 0 Å². The molecule has 3 aromatic carbocycles. The molecule has 5 nitrogen and oxygen atoms in total. The fraction of sp³-hybridized carbons (Fsp3) is 0.130. The summed E-state index contributed by atoms with van der Waals surface area (Å²) in [5.41, 5.74) is 3.57. The van der Waals surface area contributed by atoms with Crippen LogP contribution in [0, 0.1) is 0 Å². The van der Waals surface area contributed by atoms with E-state index >= 15 is 0 Å². The maximum atomic E-state index is 12.7. The first-order valence-electron chi connectivity index (χ1n) is 8.86. The van der Waals surface area contributed by atoms with Crippen molar-refractivity contribution in [1.82, 2.24) is 4.90 Å². The number of hydrogen-bond donors (Lipinski definition) is 1. The van der Waals surface area contributed by atoms with E-state index in [1.807, 2.05) is 42.5 Å². The molecule has 0 saturated heterocycles. The predicted molar refractivity (Wildman–Crippen MR) is 111 cm³/mol. The van der Waals surface area contributed by atoms with Crippen molar-refractivity contribution >= 4 is 17.5 Å². The minimum atomic E-state index is -0.271. The zero-order chi connectivity index (χ0) is 20.1. The van der Waals surface area contributed by atoms with Crippen LogP contribution in [0.4, 0.5) is 5.69 Å². The van der Waals surface area contributed by atoms with E-state index in [0.29, 0.717) is 22.6 Å². The van der Waals surface area contributed by atoms with Crippen LogP contribution in [0.1, 0.15) is 20.7 Å². The third kappa shape index (κ3) is 4.20. The zero-order valence-corrected chi connectivity index (χ0v) is 16.1. The van der Waals surface area contributed by atoms with E-state index in [2.05, 4.69) is 5.32 Å². The van der Waals surface area contributed by atoms with Crippen molar-refractivity contribution in [3.63, 3.8) is 0 Å². The van der Waals surface area contributed by atoms with Crippen LogP contribution in [0.5, 0.6) is 5.75 Å². The first kappa shape index (κ1) is 19.2. The van der Waals surface area contributed by atoms with Gasteiger partial charge < -0.3 is 15.0 Å². The molecule has 0 radical (unpaired) electrons. The minimum Gasteiger partial charge on any atom is -0.495 e. The molecule has 28 heavy (non-hydrogen) atoms. The van der Waals surface area contributed by atoms with E-state index in [1.165, 1.54) is 12.0 Å². The number of amides is 2. The topological polar surface area (TPSA) is 58.6 Å². The lowest BCUT2D eigenvalue weighted by Crippen LogP contribution is -2.22. The smallest absolute Gasteiger partial charge is 0.255 e. The van der Waals surface area contributed by atoms with Crippen LogP contribution in [0.2, 0.25) is 0 Å². The summed E-state index contributed by atoms with van der Waals surface area (Å²) in [7, 11) is 4.88. The van der Waals surface area contributed by atoms with Crippen molar-refractivity contribution in [1.29, 1.82) is 0 Å². The molecule has 0 spiro atoms. The summed E-state index contributed by atoms with van der Waals surface area (Å²) in [6.07, 6.45) is 0. The highest BCUT2D eigenvalue weighted by atomic mass is 16.5. The number of anilines is 1. The molecular formula is C23H22N2O3. The minimum absolute atomic E-state index is 0.148. The van der Waals surface area contributed by atoms with Gasteiger partial charge in [0.25, 0.3) is 11.8 Å². The number of benzene rings is 3. The highest BCUT2D eigenvalue weighted by Crippen LogP contribution is 2.27. The van der Waals surface area contributed by atoms with E-state index in [0.717, 1.165) is 11.1 Å². The molecule has 0 aliphatic heterocycles. The van der Waals surface area contributed by atoms with Gasteiger partial charge in [-0.1, -0.05) is 42.5 Å². The molecule has 0 atom stereocenters. The normalized spacial score (nSPS) is 10.2. The predicted octanol–water partition coefficient (Wildman–Crippen LogP) is 4.32. The summed E-state index contributed by atoms with van der Waals surface area (Å²) >= 11 is 0. The molecule has 0 saturated carbocycles. The van der Waals surface area contributed by atoms with Gasteiger partial charge in [-0.05, 0) is 41.5 Å². The van der Waals surface area contributed by atoms with Crippen molar-refractivity contribution in [2.75, 3.05) is 26.5 Å². The highest BCUT2D eigenvalue weighted by Gasteiger charge is 2.14. The molecule has 0 bridgehead atoms. The molecule has 0 unspecified atom stereocenters. The van der Waals surface area contributed by atoms with Crippen molar-refractivity contribution in [3.8, 4) is 16.9 Å². The Hall–Kier alpha value is -3.60. The second-order valence-corrected chi connectivity index (χ2v) is 6.51. The molecule has 2 amide bonds. The van der Waals surface area contributed by atoms with E-state index in [1.54, 1.807) is 44.4 Å². The number of carbonyl (C=O) groups excluding carboxylic acids is 2. The molecule has 0 aromatic heterocycles. The second kappa shape index (κ2) is 8.39. The van der Waals surface area contributed by atoms with Crippen LogP contribution in [0.25, 0.3) is 11.1 Å². The van der Waals surface area contributed by atoms with Gasteiger partial charge in [-0.25, -0.2) is 0 Å². The summed E-state index contributed by atoms with van der Waals surface area (Å²) in [6, 6.07) is 22.3. The Morgan fingerprint density at radius 2 is 1.43 bits per heavy atom. The van der Waals surface area contributed by atoms with Gasteiger partial charge in [0, 0.05) is 25.2 Å². The first-order chi connectivity index (χ1) is 13.5. The molecule has 0 aliphatic rings. The Morgan fingerprint density at radius 1 is 0.821 bits per heavy atom. The number of nitrogens with zero attached hydrogens (tertiary/aromatic N) is 1. The number of carbonyl (C=O) groups is 2. The monoisotopic (exact) mass is 374 g/mol. The lowest BCUT2D eigenvalue weighted by Gasteiger charge is -2.14. The van der Waals surface area contributed by atoms with Crippen molar-refractivity contribution in [2.24, 2.45) is 0 Å². The molecule has 1 N–H and O–H groups in total. The van der Waals surface area contributed by atoms with Gasteiger partial charge in [0.05, 0.1) is 12.8 Å². The number of rotatable bonds is 5. The number of hydrogen-bond acceptors (Lipinski definition) is 3. The zero-order valence-electron chi connectivity index (χ0n) is 16.1. The molecule has 3 rings (SSSR count). The van der Waals surface area contributed by atoms with Gasteiger partial charge in [-0.3, -0.25) is 9.59 Å². The van der Waals surface area contributed by atoms with E-state index < -0.39 is 0 Å². The summed E-state index contributed by atoms with van der Waals surface area (Å²) < 4.78 is 5.31. The van der Waals surface area contributed by atoms with Crippen molar-refractivity contribution < 1.29 is 14.3 Å². The fourth-order valence-corrected chi connectivity index (χ4v) is 2.84. The fourth-order valence-electron chi connectivity index (χ4n) is 2.84. The Labute approximate surface area is 164 Å². The van der Waals surface area contributed by atoms with Crippen LogP contribution in [0.3, 0.4) is 0 Å². The van der Waals surface area contributed by atoms with Crippen molar-refractivity contribution in [3.05, 3.63) is 83.9 Å². The first-order valence-corrected chi connectivity index (χ1v) is 8.86. The maximum absolute atomic E-state index is 12.7. The maximum Gasteiger partial charge on any atom is 0.255 e. The number of nitrogens with one attached hydrogen (secondary N) is 1. The van der Waals surface area contributed by atoms with E-state index in [9.17, 15) is 9.59 Å². The number of methoxy groups -OCH3 is 1. The summed E-state index contributed by atoms with van der Waals surface area (Å²) in [5.74, 6) is 0.0716. The lowest BCUT2D eigenvalue weighted by atomic mass is 10.0. The molecular weight excluding hydrogens is 352 g/mol. The Balaban J connectivity index is 1.82. The highest BCUT2D eigenvalue weighted by molar-refractivity contribution is 6.06. The van der Waals surface area contributed by atoms with Crippen LogP contribution in [-0.4, -0.2) is 37.9 Å². The average Bonchev–Trinajstić information content (AvgIpc) is 2.73.